The molecule has 0 aliphatic carbocycles. The topological polar surface area (TPSA) is 80.5 Å². The number of carbonyl (C=O) groups excluding carboxylic acids is 1. The van der Waals surface area contributed by atoms with Crippen LogP contribution in [0.3, 0.4) is 0 Å². The average molecular weight is 499 g/mol. The zero-order chi connectivity index (χ0) is 24.6. The van der Waals surface area contributed by atoms with Crippen LogP contribution in [-0.4, -0.2) is 28.7 Å². The molecular formula is C25H21F3N4O2S. The quantitative estimate of drug-likeness (QED) is 0.375. The number of benzene rings is 2. The number of carbonyl (C=O) groups is 1. The zero-order valence-corrected chi connectivity index (χ0v) is 19.2. The molecule has 0 saturated heterocycles. The van der Waals surface area contributed by atoms with Crippen molar-refractivity contribution in [3.63, 3.8) is 0 Å². The van der Waals surface area contributed by atoms with Crippen LogP contribution < -0.4 is 15.8 Å². The van der Waals surface area contributed by atoms with E-state index < -0.39 is 12.3 Å². The van der Waals surface area contributed by atoms with E-state index in [0.29, 0.717) is 21.1 Å². The summed E-state index contributed by atoms with van der Waals surface area (Å²) < 4.78 is 40.9. The van der Waals surface area contributed by atoms with Crippen molar-refractivity contribution in [1.82, 2.24) is 9.88 Å². The van der Waals surface area contributed by atoms with Crippen LogP contribution in [0, 0.1) is 0 Å². The molecule has 0 radical (unpaired) electrons. The first kappa shape index (κ1) is 23.1. The minimum absolute atomic E-state index is 0.312. The van der Waals surface area contributed by atoms with E-state index in [4.69, 9.17) is 10.7 Å². The van der Waals surface area contributed by atoms with Gasteiger partial charge in [0.05, 0.1) is 5.69 Å². The number of hydrogen-bond donors (Lipinski definition) is 2. The molecule has 0 unspecified atom stereocenters. The van der Waals surface area contributed by atoms with Gasteiger partial charge in [-0.05, 0) is 41.5 Å². The third-order valence-corrected chi connectivity index (χ3v) is 6.86. The fraction of sp³-hybridized carbons (Fsp3) is 0.200. The van der Waals surface area contributed by atoms with Gasteiger partial charge in [0.15, 0.2) is 0 Å². The van der Waals surface area contributed by atoms with Gasteiger partial charge >= 0.3 is 6.36 Å². The molecule has 0 saturated carbocycles. The number of fused-ring (bicyclic) bond motifs is 2. The molecule has 3 N–H and O–H groups in total. The van der Waals surface area contributed by atoms with Crippen LogP contribution in [0.5, 0.6) is 5.75 Å². The van der Waals surface area contributed by atoms with Gasteiger partial charge in [-0.15, -0.1) is 24.5 Å². The van der Waals surface area contributed by atoms with Gasteiger partial charge in [-0.2, -0.15) is 0 Å². The van der Waals surface area contributed by atoms with Crippen molar-refractivity contribution in [2.75, 3.05) is 17.6 Å². The zero-order valence-electron chi connectivity index (χ0n) is 18.4. The highest BCUT2D eigenvalue weighted by molar-refractivity contribution is 7.21. The van der Waals surface area contributed by atoms with Gasteiger partial charge in [0, 0.05) is 42.8 Å². The number of pyridine rings is 1. The number of amides is 1. The van der Waals surface area contributed by atoms with Crippen molar-refractivity contribution < 1.29 is 22.7 Å². The molecule has 2 aromatic heterocycles. The summed E-state index contributed by atoms with van der Waals surface area (Å²) in [6.45, 7) is 2.48. The lowest BCUT2D eigenvalue weighted by Gasteiger charge is -2.28. The van der Waals surface area contributed by atoms with Crippen LogP contribution in [0.15, 0.2) is 60.7 Å². The Morgan fingerprint density at radius 1 is 1.14 bits per heavy atom. The molecule has 0 atom stereocenters. The van der Waals surface area contributed by atoms with Crippen molar-refractivity contribution in [2.45, 2.75) is 25.9 Å². The number of anilines is 2. The van der Waals surface area contributed by atoms with Gasteiger partial charge in [-0.1, -0.05) is 30.3 Å². The van der Waals surface area contributed by atoms with Crippen LogP contribution in [0.2, 0.25) is 0 Å². The lowest BCUT2D eigenvalue weighted by atomic mass is 10.0. The summed E-state index contributed by atoms with van der Waals surface area (Å²) in [5, 5.41) is 3.40. The summed E-state index contributed by atoms with van der Waals surface area (Å²) in [5.74, 6) is -0.813. The Hall–Kier alpha value is -3.63. The fourth-order valence-corrected chi connectivity index (χ4v) is 5.12. The van der Waals surface area contributed by atoms with Crippen LogP contribution in [-0.2, 0) is 19.5 Å². The van der Waals surface area contributed by atoms with Crippen molar-refractivity contribution in [3.8, 4) is 5.75 Å². The predicted octanol–water partition coefficient (Wildman–Crippen LogP) is 5.59. The molecule has 0 spiro atoms. The van der Waals surface area contributed by atoms with Gasteiger partial charge < -0.3 is 15.8 Å². The van der Waals surface area contributed by atoms with Gasteiger partial charge in [0.2, 0.25) is 0 Å². The van der Waals surface area contributed by atoms with E-state index >= 15 is 0 Å². The first-order valence-electron chi connectivity index (χ1n) is 10.9. The molecule has 5 rings (SSSR count). The molecule has 180 valence electrons. The number of rotatable bonds is 5. The standard InChI is InChI=1S/C25H21F3N4O2S/c26-25(27,28)34-18-8-6-17(7-9-18)30-23(33)22-21(29)19-12-16-14-32(13-15-4-2-1-3-5-15)11-10-20(16)31-24(19)35-22/h1-9,12H,10-11,13-14,29H2,(H,30,33). The maximum atomic E-state index is 12.9. The lowest BCUT2D eigenvalue weighted by Crippen LogP contribution is -2.30. The Balaban J connectivity index is 1.33. The predicted molar refractivity (Wildman–Crippen MR) is 129 cm³/mol. The summed E-state index contributed by atoms with van der Waals surface area (Å²) in [4.78, 5) is 21.0. The highest BCUT2D eigenvalue weighted by Gasteiger charge is 2.31. The molecule has 10 heteroatoms. The second kappa shape index (κ2) is 9.20. The number of nitrogen functional groups attached to an aromatic ring is 1. The third kappa shape index (κ3) is 5.23. The van der Waals surface area contributed by atoms with Gasteiger partial charge in [-0.25, -0.2) is 4.98 Å². The van der Waals surface area contributed by atoms with Crippen LogP contribution >= 0.6 is 11.3 Å². The van der Waals surface area contributed by atoms with Gasteiger partial charge in [0.1, 0.15) is 15.5 Å². The minimum Gasteiger partial charge on any atom is -0.406 e. The Morgan fingerprint density at radius 2 is 1.89 bits per heavy atom. The Labute approximate surface area is 203 Å². The van der Waals surface area contributed by atoms with Crippen molar-refractivity contribution in [1.29, 1.82) is 0 Å². The van der Waals surface area contributed by atoms with E-state index in [1.807, 2.05) is 24.3 Å². The molecule has 0 fully saturated rings. The number of nitrogens with two attached hydrogens (primary N) is 1. The second-order valence-corrected chi connectivity index (χ2v) is 9.26. The molecule has 1 amide bonds. The molecule has 3 heterocycles. The Bertz CT molecular complexity index is 1370. The molecule has 35 heavy (non-hydrogen) atoms. The normalized spacial score (nSPS) is 14.0. The number of ether oxygens (including phenoxy) is 1. The van der Waals surface area contributed by atoms with E-state index in [0.717, 1.165) is 54.8 Å². The van der Waals surface area contributed by atoms with Crippen molar-refractivity contribution in [3.05, 3.63) is 82.4 Å². The number of hydrogen-bond acceptors (Lipinski definition) is 6. The summed E-state index contributed by atoms with van der Waals surface area (Å²) in [5.41, 5.74) is 10.3. The van der Waals surface area contributed by atoms with Crippen LogP contribution in [0.4, 0.5) is 24.5 Å². The van der Waals surface area contributed by atoms with Crippen LogP contribution in [0.1, 0.15) is 26.5 Å². The number of nitrogens with one attached hydrogen (secondary N) is 1. The maximum Gasteiger partial charge on any atom is 0.573 e. The minimum atomic E-state index is -4.78. The highest BCUT2D eigenvalue weighted by atomic mass is 32.1. The number of alkyl halides is 3. The molecule has 0 bridgehead atoms. The van der Waals surface area contributed by atoms with E-state index in [2.05, 4.69) is 27.1 Å². The molecule has 2 aromatic carbocycles. The summed E-state index contributed by atoms with van der Waals surface area (Å²) >= 11 is 1.20. The number of thiophene rings is 1. The average Bonchev–Trinajstić information content (AvgIpc) is 3.14. The SMILES string of the molecule is Nc1c(C(=O)Nc2ccc(OC(F)(F)F)cc2)sc2nc3c(cc12)CN(Cc1ccccc1)CC3. The van der Waals surface area contributed by atoms with Crippen molar-refractivity contribution in [2.24, 2.45) is 0 Å². The number of halogens is 3. The molecule has 4 aromatic rings. The van der Waals surface area contributed by atoms with Gasteiger partial charge in [0.25, 0.3) is 5.91 Å². The van der Waals surface area contributed by atoms with E-state index in [1.165, 1.54) is 29.0 Å². The third-order valence-electron chi connectivity index (χ3n) is 5.75. The smallest absolute Gasteiger partial charge is 0.406 e. The van der Waals surface area contributed by atoms with E-state index in [-0.39, 0.29) is 5.75 Å². The number of aromatic nitrogens is 1. The maximum absolute atomic E-state index is 12.9. The largest absolute Gasteiger partial charge is 0.573 e. The Morgan fingerprint density at radius 3 is 2.60 bits per heavy atom. The Kier molecular flexibility index (Phi) is 6.08. The summed E-state index contributed by atoms with van der Waals surface area (Å²) in [7, 11) is 0. The first-order valence-corrected chi connectivity index (χ1v) is 11.7. The second-order valence-electron chi connectivity index (χ2n) is 8.26. The van der Waals surface area contributed by atoms with Crippen LogP contribution in [0.25, 0.3) is 10.2 Å². The van der Waals surface area contributed by atoms with E-state index in [1.54, 1.807) is 0 Å². The highest BCUT2D eigenvalue weighted by Crippen LogP contribution is 2.36. The first-order chi connectivity index (χ1) is 16.7. The molecule has 1 aliphatic heterocycles. The number of nitrogens with zero attached hydrogens (tertiary/aromatic N) is 2. The lowest BCUT2D eigenvalue weighted by molar-refractivity contribution is -0.274. The van der Waals surface area contributed by atoms with Gasteiger partial charge in [-0.3, -0.25) is 9.69 Å². The fourth-order valence-electron chi connectivity index (χ4n) is 4.13. The monoisotopic (exact) mass is 498 g/mol. The summed E-state index contributed by atoms with van der Waals surface area (Å²) in [6, 6.07) is 17.2. The molecular weight excluding hydrogens is 477 g/mol. The molecule has 1 aliphatic rings. The van der Waals surface area contributed by atoms with Crippen molar-refractivity contribution >= 4 is 38.8 Å². The molecule has 6 nitrogen and oxygen atoms in total. The summed E-state index contributed by atoms with van der Waals surface area (Å²) in [6.07, 6.45) is -3.97. The van der Waals surface area contributed by atoms with E-state index in [9.17, 15) is 18.0 Å².